The number of hydrogen-bond donors (Lipinski definition) is 1. The fourth-order valence-corrected chi connectivity index (χ4v) is 3.36. The fourth-order valence-electron chi connectivity index (χ4n) is 3.36. The predicted molar refractivity (Wildman–Crippen MR) is 102 cm³/mol. The molecule has 2 aromatic heterocycles. The first-order valence-electron chi connectivity index (χ1n) is 9.01. The Morgan fingerprint density at radius 1 is 1.04 bits per heavy atom. The lowest BCUT2D eigenvalue weighted by Crippen LogP contribution is -2.38. The number of nitrogens with one attached hydrogen (secondary N) is 1. The molecule has 1 aliphatic heterocycles. The van der Waals surface area contributed by atoms with Crippen molar-refractivity contribution in [1.29, 1.82) is 0 Å². The van der Waals surface area contributed by atoms with Crippen molar-refractivity contribution in [3.05, 3.63) is 66.6 Å². The van der Waals surface area contributed by atoms with Gasteiger partial charge in [0.2, 0.25) is 0 Å². The molecule has 1 saturated heterocycles. The highest BCUT2D eigenvalue weighted by Gasteiger charge is 2.25. The summed E-state index contributed by atoms with van der Waals surface area (Å²) in [6.45, 7) is 2.72. The summed E-state index contributed by atoms with van der Waals surface area (Å²) in [6.07, 6.45) is 7.88. The van der Waals surface area contributed by atoms with Gasteiger partial charge in [0.15, 0.2) is 11.6 Å². The maximum Gasteiger partial charge on any atom is 0.159 e. The second-order valence-corrected chi connectivity index (χ2v) is 6.48. The molecular formula is C20H22N6. The first-order valence-corrected chi connectivity index (χ1v) is 9.01. The third kappa shape index (κ3) is 3.86. The molecular weight excluding hydrogens is 324 g/mol. The topological polar surface area (TPSA) is 66.8 Å². The van der Waals surface area contributed by atoms with E-state index >= 15 is 0 Å². The SMILES string of the molecule is c1ccc(-c2ncc(CNC[C@@H]3CCCN3c3cccnn3)cn2)cc1. The quantitative estimate of drug-likeness (QED) is 0.740. The van der Waals surface area contributed by atoms with Gasteiger partial charge in [0.25, 0.3) is 0 Å². The van der Waals surface area contributed by atoms with Gasteiger partial charge < -0.3 is 10.2 Å². The minimum atomic E-state index is 0.455. The van der Waals surface area contributed by atoms with E-state index in [1.165, 1.54) is 12.8 Å². The summed E-state index contributed by atoms with van der Waals surface area (Å²) in [5, 5.41) is 11.8. The van der Waals surface area contributed by atoms with Crippen LogP contribution in [-0.2, 0) is 6.54 Å². The highest BCUT2D eigenvalue weighted by atomic mass is 15.3. The normalized spacial score (nSPS) is 16.8. The minimum Gasteiger partial charge on any atom is -0.351 e. The zero-order valence-corrected chi connectivity index (χ0v) is 14.6. The number of hydrogen-bond acceptors (Lipinski definition) is 6. The van der Waals surface area contributed by atoms with E-state index in [9.17, 15) is 0 Å². The van der Waals surface area contributed by atoms with Crippen molar-refractivity contribution in [2.75, 3.05) is 18.0 Å². The largest absolute Gasteiger partial charge is 0.351 e. The van der Waals surface area contributed by atoms with Crippen LogP contribution >= 0.6 is 0 Å². The Balaban J connectivity index is 1.32. The second kappa shape index (κ2) is 8.01. The van der Waals surface area contributed by atoms with Crippen LogP contribution in [0.2, 0.25) is 0 Å². The number of aromatic nitrogens is 4. The molecule has 6 nitrogen and oxygen atoms in total. The Labute approximate surface area is 153 Å². The highest BCUT2D eigenvalue weighted by Crippen LogP contribution is 2.22. The first kappa shape index (κ1) is 16.6. The lowest BCUT2D eigenvalue weighted by Gasteiger charge is -2.25. The lowest BCUT2D eigenvalue weighted by atomic mass is 10.2. The standard InChI is InChI=1S/C20H22N6/c1-2-6-17(7-3-1)20-22-13-16(14-23-20)12-21-15-18-8-5-11-26(18)19-9-4-10-24-25-19/h1-4,6-7,9-10,13-14,18,21H,5,8,11-12,15H2/t18-/m0/s1. The van der Waals surface area contributed by atoms with Crippen LogP contribution in [0.1, 0.15) is 18.4 Å². The molecule has 0 bridgehead atoms. The van der Waals surface area contributed by atoms with Gasteiger partial charge in [0.05, 0.1) is 0 Å². The maximum absolute atomic E-state index is 4.48. The lowest BCUT2D eigenvalue weighted by molar-refractivity contribution is 0.568. The van der Waals surface area contributed by atoms with Gasteiger partial charge in [-0.25, -0.2) is 9.97 Å². The molecule has 1 N–H and O–H groups in total. The molecule has 0 aliphatic carbocycles. The van der Waals surface area contributed by atoms with Crippen LogP contribution in [0.5, 0.6) is 0 Å². The van der Waals surface area contributed by atoms with Gasteiger partial charge in [-0.2, -0.15) is 5.10 Å². The van der Waals surface area contributed by atoms with Crippen LogP contribution in [-0.4, -0.2) is 39.3 Å². The molecule has 6 heteroatoms. The van der Waals surface area contributed by atoms with Gasteiger partial charge in [0, 0.05) is 55.4 Å². The zero-order chi connectivity index (χ0) is 17.6. The van der Waals surface area contributed by atoms with Gasteiger partial charge in [-0.1, -0.05) is 30.3 Å². The summed E-state index contributed by atoms with van der Waals surface area (Å²) in [4.78, 5) is 11.3. The molecule has 1 fully saturated rings. The van der Waals surface area contributed by atoms with Gasteiger partial charge in [0.1, 0.15) is 0 Å². The first-order chi connectivity index (χ1) is 12.9. The van der Waals surface area contributed by atoms with Crippen molar-refractivity contribution in [2.45, 2.75) is 25.4 Å². The third-order valence-electron chi connectivity index (χ3n) is 4.68. The molecule has 132 valence electrons. The molecule has 0 radical (unpaired) electrons. The van der Waals surface area contributed by atoms with E-state index in [0.29, 0.717) is 6.04 Å². The van der Waals surface area contributed by atoms with Crippen LogP contribution < -0.4 is 10.2 Å². The van der Waals surface area contributed by atoms with E-state index in [0.717, 1.165) is 42.4 Å². The van der Waals surface area contributed by atoms with Crippen molar-refractivity contribution < 1.29 is 0 Å². The van der Waals surface area contributed by atoms with Crippen LogP contribution in [0.4, 0.5) is 5.82 Å². The predicted octanol–water partition coefficient (Wildman–Crippen LogP) is 2.69. The van der Waals surface area contributed by atoms with Crippen molar-refractivity contribution >= 4 is 5.82 Å². The number of nitrogens with zero attached hydrogens (tertiary/aromatic N) is 5. The highest BCUT2D eigenvalue weighted by molar-refractivity contribution is 5.53. The number of rotatable bonds is 6. The molecule has 4 rings (SSSR count). The van der Waals surface area contributed by atoms with Crippen LogP contribution in [0.25, 0.3) is 11.4 Å². The van der Waals surface area contributed by atoms with E-state index in [2.05, 4.69) is 30.4 Å². The minimum absolute atomic E-state index is 0.455. The monoisotopic (exact) mass is 346 g/mol. The molecule has 0 saturated carbocycles. The second-order valence-electron chi connectivity index (χ2n) is 6.48. The van der Waals surface area contributed by atoms with Crippen LogP contribution in [0.15, 0.2) is 61.1 Å². The molecule has 0 spiro atoms. The van der Waals surface area contributed by atoms with Gasteiger partial charge in [-0.3, -0.25) is 0 Å². The average molecular weight is 346 g/mol. The zero-order valence-electron chi connectivity index (χ0n) is 14.6. The van der Waals surface area contributed by atoms with Crippen molar-refractivity contribution in [1.82, 2.24) is 25.5 Å². The molecule has 26 heavy (non-hydrogen) atoms. The van der Waals surface area contributed by atoms with Crippen LogP contribution in [0.3, 0.4) is 0 Å². The summed E-state index contributed by atoms with van der Waals surface area (Å²) in [5.74, 6) is 1.73. The van der Waals surface area contributed by atoms with E-state index in [1.807, 2.05) is 54.9 Å². The Hall–Kier alpha value is -2.86. The maximum atomic E-state index is 4.48. The van der Waals surface area contributed by atoms with E-state index in [4.69, 9.17) is 0 Å². The molecule has 1 aliphatic rings. The molecule has 1 aromatic carbocycles. The molecule has 0 amide bonds. The van der Waals surface area contributed by atoms with E-state index in [-0.39, 0.29) is 0 Å². The Morgan fingerprint density at radius 2 is 1.88 bits per heavy atom. The Kier molecular flexibility index (Phi) is 5.12. The molecule has 3 aromatic rings. The van der Waals surface area contributed by atoms with Gasteiger partial charge in [-0.05, 0) is 25.0 Å². The van der Waals surface area contributed by atoms with Gasteiger partial charge in [-0.15, -0.1) is 5.10 Å². The summed E-state index contributed by atoms with van der Waals surface area (Å²) >= 11 is 0. The smallest absolute Gasteiger partial charge is 0.159 e. The third-order valence-corrected chi connectivity index (χ3v) is 4.68. The Bertz CT molecular complexity index is 807. The van der Waals surface area contributed by atoms with Crippen molar-refractivity contribution in [3.8, 4) is 11.4 Å². The van der Waals surface area contributed by atoms with Crippen molar-refractivity contribution in [2.24, 2.45) is 0 Å². The number of anilines is 1. The summed E-state index contributed by atoms with van der Waals surface area (Å²) in [7, 11) is 0. The summed E-state index contributed by atoms with van der Waals surface area (Å²) < 4.78 is 0. The Morgan fingerprint density at radius 3 is 2.65 bits per heavy atom. The molecule has 3 heterocycles. The van der Waals surface area contributed by atoms with E-state index < -0.39 is 0 Å². The summed E-state index contributed by atoms with van der Waals surface area (Å²) in [5.41, 5.74) is 2.13. The van der Waals surface area contributed by atoms with Gasteiger partial charge >= 0.3 is 0 Å². The average Bonchev–Trinajstić information content (AvgIpc) is 3.18. The molecule has 1 atom stereocenters. The van der Waals surface area contributed by atoms with Crippen LogP contribution in [0, 0.1) is 0 Å². The molecule has 0 unspecified atom stereocenters. The van der Waals surface area contributed by atoms with E-state index in [1.54, 1.807) is 6.20 Å². The summed E-state index contributed by atoms with van der Waals surface area (Å²) in [6, 6.07) is 14.5. The van der Waals surface area contributed by atoms with Crippen molar-refractivity contribution in [3.63, 3.8) is 0 Å². The number of benzene rings is 1. The fraction of sp³-hybridized carbons (Fsp3) is 0.300.